The van der Waals surface area contributed by atoms with Crippen molar-refractivity contribution in [1.29, 1.82) is 0 Å². The van der Waals surface area contributed by atoms with Gasteiger partial charge in [0.05, 0.1) is 30.1 Å². The van der Waals surface area contributed by atoms with Crippen LogP contribution in [0.15, 0.2) is 24.3 Å². The molecule has 1 saturated carbocycles. The molecule has 0 aromatic heterocycles. The van der Waals surface area contributed by atoms with Gasteiger partial charge < -0.3 is 14.4 Å². The van der Waals surface area contributed by atoms with Crippen LogP contribution in [0.3, 0.4) is 0 Å². The molecule has 3 fully saturated rings. The largest absolute Gasteiger partial charge is 0.378 e. The van der Waals surface area contributed by atoms with Crippen molar-refractivity contribution in [2.24, 2.45) is 0 Å². The van der Waals surface area contributed by atoms with Gasteiger partial charge in [-0.1, -0.05) is 12.1 Å². The van der Waals surface area contributed by atoms with E-state index in [1.54, 1.807) is 18.2 Å². The summed E-state index contributed by atoms with van der Waals surface area (Å²) in [5.41, 5.74) is 1.29. The minimum atomic E-state index is -3.20. The molecule has 1 amide bonds. The van der Waals surface area contributed by atoms with Gasteiger partial charge in [0, 0.05) is 25.0 Å². The number of carbonyl (C=O) groups is 1. The van der Waals surface area contributed by atoms with Gasteiger partial charge in [-0.2, -0.15) is 0 Å². The molecule has 2 unspecified atom stereocenters. The van der Waals surface area contributed by atoms with Crippen LogP contribution in [0.2, 0.25) is 0 Å². The van der Waals surface area contributed by atoms with Gasteiger partial charge >= 0.3 is 0 Å². The number of carbonyl (C=O) groups excluding carboxylic acids is 1. The maximum absolute atomic E-state index is 13.2. The summed E-state index contributed by atoms with van der Waals surface area (Å²) in [6.07, 6.45) is 5.63. The van der Waals surface area contributed by atoms with E-state index < -0.39 is 14.6 Å². The highest BCUT2D eigenvalue weighted by atomic mass is 32.2. The topological polar surface area (TPSA) is 72.9 Å². The highest BCUT2D eigenvalue weighted by Crippen LogP contribution is 2.52. The van der Waals surface area contributed by atoms with Crippen molar-refractivity contribution in [2.75, 3.05) is 32.6 Å². The van der Waals surface area contributed by atoms with Gasteiger partial charge in [-0.3, -0.25) is 4.79 Å². The highest BCUT2D eigenvalue weighted by molar-refractivity contribution is 7.92. The fourth-order valence-corrected chi connectivity index (χ4v) is 5.74. The number of ether oxygens (including phenoxy) is 2. The van der Waals surface area contributed by atoms with E-state index in [-0.39, 0.29) is 18.1 Å². The Balaban J connectivity index is 1.55. The first kappa shape index (κ1) is 18.9. The van der Waals surface area contributed by atoms with E-state index in [4.69, 9.17) is 9.47 Å². The monoisotopic (exact) mass is 393 g/mol. The van der Waals surface area contributed by atoms with Crippen molar-refractivity contribution in [3.05, 3.63) is 35.4 Å². The van der Waals surface area contributed by atoms with Crippen LogP contribution < -0.4 is 0 Å². The summed E-state index contributed by atoms with van der Waals surface area (Å²) >= 11 is 0. The van der Waals surface area contributed by atoms with Gasteiger partial charge in [0.2, 0.25) is 0 Å². The lowest BCUT2D eigenvalue weighted by Gasteiger charge is -2.37. The smallest absolute Gasteiger partial charge is 0.254 e. The molecule has 0 radical (unpaired) electrons. The second kappa shape index (κ2) is 7.18. The summed E-state index contributed by atoms with van der Waals surface area (Å²) in [6, 6.07) is 7.18. The molecular weight excluding hydrogens is 366 g/mol. The fourth-order valence-electron chi connectivity index (χ4n) is 4.34. The van der Waals surface area contributed by atoms with Gasteiger partial charge in [-0.05, 0) is 49.8 Å². The zero-order chi connectivity index (χ0) is 19.1. The third kappa shape index (κ3) is 3.65. The van der Waals surface area contributed by atoms with Crippen LogP contribution in [-0.4, -0.2) is 64.0 Å². The number of nitrogens with zero attached hydrogens (tertiary/aromatic N) is 1. The number of morpholine rings is 1. The number of amides is 1. The predicted molar refractivity (Wildman–Crippen MR) is 101 cm³/mol. The molecule has 2 heterocycles. The van der Waals surface area contributed by atoms with Crippen LogP contribution in [-0.2, 0) is 24.1 Å². The molecule has 1 aliphatic carbocycles. The van der Waals surface area contributed by atoms with Crippen molar-refractivity contribution in [3.63, 3.8) is 0 Å². The molecular formula is C20H27NO5S. The van der Waals surface area contributed by atoms with Crippen molar-refractivity contribution in [2.45, 2.75) is 49.0 Å². The van der Waals surface area contributed by atoms with Crippen molar-refractivity contribution in [1.82, 2.24) is 4.90 Å². The second-order valence-electron chi connectivity index (χ2n) is 7.95. The Morgan fingerprint density at radius 2 is 2.11 bits per heavy atom. The Kier molecular flexibility index (Phi) is 5.03. The van der Waals surface area contributed by atoms with Crippen LogP contribution >= 0.6 is 0 Å². The molecule has 2 saturated heterocycles. The van der Waals surface area contributed by atoms with Crippen LogP contribution in [0.5, 0.6) is 0 Å². The molecule has 7 heteroatoms. The highest BCUT2D eigenvalue weighted by Gasteiger charge is 2.53. The molecule has 4 rings (SSSR count). The van der Waals surface area contributed by atoms with Crippen LogP contribution in [0.4, 0.5) is 0 Å². The third-order valence-corrected chi connectivity index (χ3v) is 8.16. The maximum atomic E-state index is 13.2. The average molecular weight is 394 g/mol. The van der Waals surface area contributed by atoms with E-state index in [9.17, 15) is 13.2 Å². The number of benzene rings is 1. The molecule has 0 N–H and O–H groups in total. The molecule has 3 aliphatic rings. The van der Waals surface area contributed by atoms with Crippen LogP contribution in [0, 0.1) is 0 Å². The molecule has 0 bridgehead atoms. The summed E-state index contributed by atoms with van der Waals surface area (Å²) in [6.45, 7) is 2.40. The number of sulfone groups is 1. The van der Waals surface area contributed by atoms with Crippen molar-refractivity contribution in [3.8, 4) is 0 Å². The molecule has 0 spiro atoms. The maximum Gasteiger partial charge on any atom is 0.254 e. The molecule has 1 aromatic carbocycles. The van der Waals surface area contributed by atoms with Crippen molar-refractivity contribution < 1.29 is 22.7 Å². The van der Waals surface area contributed by atoms with E-state index >= 15 is 0 Å². The summed E-state index contributed by atoms with van der Waals surface area (Å²) in [7, 11) is -3.20. The number of hydrogen-bond donors (Lipinski definition) is 0. The lowest BCUT2D eigenvalue weighted by molar-refractivity contribution is -0.0204. The van der Waals surface area contributed by atoms with E-state index in [0.717, 1.165) is 31.4 Å². The molecule has 6 nitrogen and oxygen atoms in total. The summed E-state index contributed by atoms with van der Waals surface area (Å²) < 4.78 is 35.0. The van der Waals surface area contributed by atoms with E-state index in [0.29, 0.717) is 38.2 Å². The first-order valence-corrected chi connectivity index (χ1v) is 11.6. The first-order chi connectivity index (χ1) is 12.9. The summed E-state index contributed by atoms with van der Waals surface area (Å²) in [5, 5.41) is 0. The van der Waals surface area contributed by atoms with Gasteiger partial charge in [-0.15, -0.1) is 0 Å². The van der Waals surface area contributed by atoms with Gasteiger partial charge in [0.1, 0.15) is 0 Å². The predicted octanol–water partition coefficient (Wildman–Crippen LogP) is 2.13. The lowest BCUT2D eigenvalue weighted by Crippen LogP contribution is -2.50. The van der Waals surface area contributed by atoms with Gasteiger partial charge in [0.25, 0.3) is 5.91 Å². The Morgan fingerprint density at radius 3 is 2.78 bits per heavy atom. The van der Waals surface area contributed by atoms with Gasteiger partial charge in [0.15, 0.2) is 9.84 Å². The van der Waals surface area contributed by atoms with E-state index in [1.165, 1.54) is 6.26 Å². The summed E-state index contributed by atoms with van der Waals surface area (Å²) in [5.74, 6) is -0.0487. The van der Waals surface area contributed by atoms with Crippen LogP contribution in [0.25, 0.3) is 0 Å². The first-order valence-electron chi connectivity index (χ1n) is 9.71. The second-order valence-corrected chi connectivity index (χ2v) is 10.3. The summed E-state index contributed by atoms with van der Waals surface area (Å²) in [4.78, 5) is 15.1. The normalized spacial score (nSPS) is 27.5. The quantitative estimate of drug-likeness (QED) is 0.766. The van der Waals surface area contributed by atoms with Crippen molar-refractivity contribution >= 4 is 15.7 Å². The standard InChI is InChI=1S/C20H27NO5S/c1-27(23,24)20(7-8-20)16-5-2-4-15(12-16)19(22)21-9-11-25-14-17(21)13-18-6-3-10-26-18/h2,4-5,12,17-18H,3,6-11,13-14H2,1H3. The average Bonchev–Trinajstić information content (AvgIpc) is 3.34. The van der Waals surface area contributed by atoms with Crippen LogP contribution in [0.1, 0.15) is 48.0 Å². The Bertz CT molecular complexity index is 811. The number of rotatable bonds is 5. The minimum absolute atomic E-state index is 0.00259. The fraction of sp³-hybridized carbons (Fsp3) is 0.650. The van der Waals surface area contributed by atoms with Gasteiger partial charge in [-0.25, -0.2) is 8.42 Å². The lowest BCUT2D eigenvalue weighted by atomic mass is 10.0. The molecule has 2 atom stereocenters. The molecule has 27 heavy (non-hydrogen) atoms. The number of hydrogen-bond acceptors (Lipinski definition) is 5. The Morgan fingerprint density at radius 1 is 1.30 bits per heavy atom. The molecule has 2 aliphatic heterocycles. The zero-order valence-corrected chi connectivity index (χ0v) is 16.5. The Labute approximate surface area is 160 Å². The van der Waals surface area contributed by atoms with E-state index in [1.807, 2.05) is 11.0 Å². The minimum Gasteiger partial charge on any atom is -0.378 e. The van der Waals surface area contributed by atoms with E-state index in [2.05, 4.69) is 0 Å². The SMILES string of the molecule is CS(=O)(=O)C1(c2cccc(C(=O)N3CCOCC3CC3CCCO3)c2)CC1. The Hall–Kier alpha value is -1.44. The zero-order valence-electron chi connectivity index (χ0n) is 15.7. The third-order valence-electron chi connectivity index (χ3n) is 6.10. The molecule has 1 aromatic rings. The molecule has 148 valence electrons.